The Kier molecular flexibility index (Phi) is 6.45. The van der Waals surface area contributed by atoms with Crippen LogP contribution in [0.15, 0.2) is 60.8 Å². The number of carbonyl (C=O) groups excluding carboxylic acids is 1. The van der Waals surface area contributed by atoms with Crippen LogP contribution >= 0.6 is 11.6 Å². The molecule has 7 heteroatoms. The van der Waals surface area contributed by atoms with Gasteiger partial charge in [0.05, 0.1) is 12.1 Å². The highest BCUT2D eigenvalue weighted by Crippen LogP contribution is 2.28. The van der Waals surface area contributed by atoms with E-state index in [1.54, 1.807) is 49.7 Å². The maximum Gasteiger partial charge on any atom is 0.269 e. The second-order valence-electron chi connectivity index (χ2n) is 6.04. The third-order valence-electron chi connectivity index (χ3n) is 4.05. The highest BCUT2D eigenvalue weighted by molar-refractivity contribution is 6.32. The third kappa shape index (κ3) is 5.20. The molecular weight excluding hydrogens is 381 g/mol. The Bertz CT molecular complexity index is 964. The average Bonchev–Trinajstić information content (AvgIpc) is 2.70. The van der Waals surface area contributed by atoms with Crippen LogP contribution in [0.3, 0.4) is 0 Å². The number of carbonyl (C=O) groups is 1. The summed E-state index contributed by atoms with van der Waals surface area (Å²) >= 11 is 6.13. The molecule has 0 radical (unpaired) electrons. The molecule has 0 bridgehead atoms. The molecule has 0 aliphatic rings. The van der Waals surface area contributed by atoms with E-state index in [1.165, 1.54) is 12.1 Å². The number of nitrogens with zero attached hydrogens (tertiary/aromatic N) is 1. The molecule has 0 atom stereocenters. The van der Waals surface area contributed by atoms with Crippen LogP contribution in [-0.2, 0) is 6.42 Å². The predicted molar refractivity (Wildman–Crippen MR) is 108 cm³/mol. The van der Waals surface area contributed by atoms with Crippen molar-refractivity contribution in [2.45, 2.75) is 6.42 Å². The van der Waals surface area contributed by atoms with Crippen molar-refractivity contribution >= 4 is 28.9 Å². The first-order chi connectivity index (χ1) is 13.5. The van der Waals surface area contributed by atoms with E-state index in [2.05, 4.69) is 15.6 Å². The van der Waals surface area contributed by atoms with E-state index in [1.807, 2.05) is 6.07 Å². The number of halogens is 2. The fraction of sp³-hybridized carbons (Fsp3) is 0.143. The predicted octanol–water partition coefficient (Wildman–Crippen LogP) is 4.60. The molecule has 0 saturated carbocycles. The summed E-state index contributed by atoms with van der Waals surface area (Å²) in [6.07, 6.45) is 2.16. The fourth-order valence-corrected chi connectivity index (χ4v) is 2.86. The molecule has 0 unspecified atom stereocenters. The van der Waals surface area contributed by atoms with Crippen LogP contribution in [-0.4, -0.2) is 24.5 Å². The van der Waals surface area contributed by atoms with Gasteiger partial charge in [0.1, 0.15) is 17.3 Å². The van der Waals surface area contributed by atoms with Gasteiger partial charge in [0.2, 0.25) is 0 Å². The van der Waals surface area contributed by atoms with E-state index < -0.39 is 0 Å². The molecule has 0 saturated heterocycles. The normalized spacial score (nSPS) is 10.4. The molecule has 2 aromatic carbocycles. The number of anilines is 2. The Morgan fingerprint density at radius 1 is 1.11 bits per heavy atom. The Morgan fingerprint density at radius 3 is 2.57 bits per heavy atom. The molecule has 1 aromatic heterocycles. The Balaban J connectivity index is 1.59. The number of aromatic nitrogens is 1. The monoisotopic (exact) mass is 399 g/mol. The van der Waals surface area contributed by atoms with E-state index in [4.69, 9.17) is 16.3 Å². The van der Waals surface area contributed by atoms with Crippen molar-refractivity contribution in [3.05, 3.63) is 82.9 Å². The van der Waals surface area contributed by atoms with Gasteiger partial charge in [-0.05, 0) is 54.4 Å². The summed E-state index contributed by atoms with van der Waals surface area (Å²) in [7, 11) is 1.55. The summed E-state index contributed by atoms with van der Waals surface area (Å²) in [6, 6.07) is 14.9. The lowest BCUT2D eigenvalue weighted by atomic mass is 10.1. The van der Waals surface area contributed by atoms with Crippen molar-refractivity contribution in [1.29, 1.82) is 0 Å². The number of hydrogen-bond donors (Lipinski definition) is 2. The zero-order valence-electron chi connectivity index (χ0n) is 15.2. The van der Waals surface area contributed by atoms with Gasteiger partial charge in [0, 0.05) is 24.1 Å². The number of hydrogen-bond acceptors (Lipinski definition) is 4. The van der Waals surface area contributed by atoms with Crippen molar-refractivity contribution in [2.75, 3.05) is 19.0 Å². The molecule has 3 rings (SSSR count). The van der Waals surface area contributed by atoms with Gasteiger partial charge in [0.25, 0.3) is 5.91 Å². The highest BCUT2D eigenvalue weighted by atomic mass is 35.5. The molecular formula is C21H19ClFN3O2. The topological polar surface area (TPSA) is 63.2 Å². The van der Waals surface area contributed by atoms with E-state index in [0.29, 0.717) is 35.1 Å². The molecule has 5 nitrogen and oxygen atoms in total. The second kappa shape index (κ2) is 9.19. The first-order valence-electron chi connectivity index (χ1n) is 8.64. The summed E-state index contributed by atoms with van der Waals surface area (Å²) in [5.41, 5.74) is 2.71. The van der Waals surface area contributed by atoms with Crippen LogP contribution in [0.4, 0.5) is 15.8 Å². The van der Waals surface area contributed by atoms with E-state index in [9.17, 15) is 9.18 Å². The van der Waals surface area contributed by atoms with Crippen LogP contribution < -0.4 is 15.4 Å². The van der Waals surface area contributed by atoms with Gasteiger partial charge in [0.15, 0.2) is 0 Å². The van der Waals surface area contributed by atoms with Crippen LogP contribution in [0.2, 0.25) is 5.02 Å². The van der Waals surface area contributed by atoms with Crippen molar-refractivity contribution in [3.63, 3.8) is 0 Å². The van der Waals surface area contributed by atoms with Gasteiger partial charge in [-0.3, -0.25) is 9.78 Å². The number of benzene rings is 2. The molecule has 1 heterocycles. The average molecular weight is 400 g/mol. The minimum atomic E-state index is -0.279. The van der Waals surface area contributed by atoms with Crippen molar-refractivity contribution < 1.29 is 13.9 Å². The van der Waals surface area contributed by atoms with E-state index >= 15 is 0 Å². The number of ether oxygens (including phenoxy) is 1. The quantitative estimate of drug-likeness (QED) is 0.609. The second-order valence-corrected chi connectivity index (χ2v) is 6.44. The smallest absolute Gasteiger partial charge is 0.269 e. The molecule has 28 heavy (non-hydrogen) atoms. The molecule has 0 aliphatic carbocycles. The lowest BCUT2D eigenvalue weighted by Gasteiger charge is -2.10. The number of amides is 1. The van der Waals surface area contributed by atoms with Gasteiger partial charge in [-0.25, -0.2) is 4.39 Å². The van der Waals surface area contributed by atoms with Gasteiger partial charge in [-0.1, -0.05) is 23.7 Å². The molecule has 0 aliphatic heterocycles. The van der Waals surface area contributed by atoms with Crippen LogP contribution in [0.25, 0.3) is 0 Å². The molecule has 0 spiro atoms. The number of pyridine rings is 1. The Morgan fingerprint density at radius 2 is 1.86 bits per heavy atom. The van der Waals surface area contributed by atoms with Gasteiger partial charge >= 0.3 is 0 Å². The van der Waals surface area contributed by atoms with Crippen molar-refractivity contribution in [1.82, 2.24) is 10.3 Å². The summed E-state index contributed by atoms with van der Waals surface area (Å²) in [6.45, 7) is 0.428. The minimum Gasteiger partial charge on any atom is -0.495 e. The van der Waals surface area contributed by atoms with Crippen molar-refractivity contribution in [2.24, 2.45) is 0 Å². The first kappa shape index (κ1) is 19.6. The molecule has 3 aromatic rings. The van der Waals surface area contributed by atoms with E-state index in [0.717, 1.165) is 11.3 Å². The van der Waals surface area contributed by atoms with Crippen LogP contribution in [0.1, 0.15) is 16.1 Å². The largest absolute Gasteiger partial charge is 0.495 e. The maximum atomic E-state index is 12.9. The molecule has 1 amide bonds. The zero-order chi connectivity index (χ0) is 19.9. The maximum absolute atomic E-state index is 12.9. The molecule has 144 valence electrons. The van der Waals surface area contributed by atoms with Crippen molar-refractivity contribution in [3.8, 4) is 5.75 Å². The number of nitrogens with one attached hydrogen (secondary N) is 2. The lowest BCUT2D eigenvalue weighted by molar-refractivity contribution is 0.0949. The SMILES string of the molecule is COc1ccc(Nc2ccnc(C(=O)NCCc3ccc(F)cc3)c2)cc1Cl. The summed E-state index contributed by atoms with van der Waals surface area (Å²) in [5.74, 6) is 0.0288. The van der Waals surface area contributed by atoms with Gasteiger partial charge < -0.3 is 15.4 Å². The number of methoxy groups -OCH3 is 1. The van der Waals surface area contributed by atoms with Crippen LogP contribution in [0.5, 0.6) is 5.75 Å². The summed E-state index contributed by atoms with van der Waals surface area (Å²) in [5, 5.41) is 6.49. The molecule has 0 fully saturated rings. The Labute approximate surface area is 167 Å². The van der Waals surface area contributed by atoms with Crippen LogP contribution in [0, 0.1) is 5.82 Å². The first-order valence-corrected chi connectivity index (χ1v) is 9.02. The summed E-state index contributed by atoms with van der Waals surface area (Å²) < 4.78 is 18.0. The van der Waals surface area contributed by atoms with E-state index in [-0.39, 0.29) is 11.7 Å². The zero-order valence-corrected chi connectivity index (χ0v) is 16.0. The van der Waals surface area contributed by atoms with Gasteiger partial charge in [-0.15, -0.1) is 0 Å². The standard InChI is InChI=1S/C21H19ClFN3O2/c1-28-20-7-6-16(12-18(20)22)26-17-9-11-24-19(13-17)21(27)25-10-8-14-2-4-15(23)5-3-14/h2-7,9,11-13H,8,10H2,1H3,(H,24,26)(H,25,27). The summed E-state index contributed by atoms with van der Waals surface area (Å²) in [4.78, 5) is 16.4. The minimum absolute atomic E-state index is 0.278. The van der Waals surface area contributed by atoms with Gasteiger partial charge in [-0.2, -0.15) is 0 Å². The highest BCUT2D eigenvalue weighted by Gasteiger charge is 2.09. The number of rotatable bonds is 7. The fourth-order valence-electron chi connectivity index (χ4n) is 2.61. The molecule has 2 N–H and O–H groups in total. The third-order valence-corrected chi connectivity index (χ3v) is 4.34. The lowest BCUT2D eigenvalue weighted by Crippen LogP contribution is -2.26. The Hall–Kier alpha value is -3.12.